The van der Waals surface area contributed by atoms with Crippen LogP contribution in [0.15, 0.2) is 83.8 Å². The van der Waals surface area contributed by atoms with Crippen LogP contribution in [-0.4, -0.2) is 22.8 Å². The fourth-order valence-corrected chi connectivity index (χ4v) is 3.05. The molecule has 0 saturated heterocycles. The number of carbonyl (C=O) groups excluding carboxylic acids is 1. The zero-order chi connectivity index (χ0) is 20.2. The summed E-state index contributed by atoms with van der Waals surface area (Å²) in [5.74, 6) is 0.521. The van der Waals surface area contributed by atoms with E-state index in [1.54, 1.807) is 55.8 Å². The monoisotopic (exact) mass is 385 g/mol. The maximum atomic E-state index is 12.6. The average molecular weight is 385 g/mol. The number of rotatable bonds is 5. The number of hydrogen-bond donors (Lipinski definition) is 1. The minimum absolute atomic E-state index is 0.135. The van der Waals surface area contributed by atoms with Crippen molar-refractivity contribution in [3.8, 4) is 5.75 Å². The molecule has 144 valence electrons. The van der Waals surface area contributed by atoms with Crippen LogP contribution in [0.3, 0.4) is 0 Å². The Kier molecular flexibility index (Phi) is 5.07. The summed E-state index contributed by atoms with van der Waals surface area (Å²) in [7, 11) is 1.59. The van der Waals surface area contributed by atoms with Gasteiger partial charge in [-0.3, -0.25) is 9.59 Å². The summed E-state index contributed by atoms with van der Waals surface area (Å²) in [4.78, 5) is 25.0. The second kappa shape index (κ2) is 7.98. The van der Waals surface area contributed by atoms with Gasteiger partial charge in [0.1, 0.15) is 5.75 Å². The minimum atomic E-state index is -0.206. The van der Waals surface area contributed by atoms with E-state index in [2.05, 4.69) is 10.4 Å². The van der Waals surface area contributed by atoms with Gasteiger partial charge in [0.2, 0.25) is 0 Å². The van der Waals surface area contributed by atoms with Gasteiger partial charge in [-0.25, -0.2) is 4.68 Å². The van der Waals surface area contributed by atoms with E-state index < -0.39 is 0 Å². The van der Waals surface area contributed by atoms with Crippen molar-refractivity contribution in [2.75, 3.05) is 12.4 Å². The van der Waals surface area contributed by atoms with E-state index in [1.165, 1.54) is 4.68 Å². The number of fused-ring (bicyclic) bond motifs is 1. The predicted octanol–water partition coefficient (Wildman–Crippen LogP) is 3.71. The number of methoxy groups -OCH3 is 1. The molecular formula is C23H19N3O3. The Balaban J connectivity index is 1.48. The maximum Gasteiger partial charge on any atom is 0.274 e. The number of hydrogen-bond acceptors (Lipinski definition) is 4. The van der Waals surface area contributed by atoms with Gasteiger partial charge in [0.05, 0.1) is 25.2 Å². The third-order valence-corrected chi connectivity index (χ3v) is 4.66. The Morgan fingerprint density at radius 3 is 2.45 bits per heavy atom. The summed E-state index contributed by atoms with van der Waals surface area (Å²) in [5.41, 5.74) is 1.97. The largest absolute Gasteiger partial charge is 0.497 e. The Morgan fingerprint density at radius 2 is 1.72 bits per heavy atom. The van der Waals surface area contributed by atoms with Crippen LogP contribution >= 0.6 is 0 Å². The lowest BCUT2D eigenvalue weighted by Gasteiger charge is -2.08. The minimum Gasteiger partial charge on any atom is -0.497 e. The van der Waals surface area contributed by atoms with Gasteiger partial charge in [0.25, 0.3) is 11.5 Å². The molecule has 1 aromatic heterocycles. The molecule has 29 heavy (non-hydrogen) atoms. The molecule has 0 unspecified atom stereocenters. The van der Waals surface area contributed by atoms with E-state index in [4.69, 9.17) is 4.74 Å². The number of amides is 1. The third-order valence-electron chi connectivity index (χ3n) is 4.66. The van der Waals surface area contributed by atoms with Crippen LogP contribution in [0.4, 0.5) is 5.69 Å². The van der Waals surface area contributed by atoms with E-state index in [0.29, 0.717) is 23.2 Å². The molecular weight excluding hydrogens is 366 g/mol. The lowest BCUT2D eigenvalue weighted by Crippen LogP contribution is -2.23. The first-order chi connectivity index (χ1) is 14.1. The number of nitrogens with one attached hydrogen (secondary N) is 1. The second-order valence-corrected chi connectivity index (χ2v) is 6.57. The maximum absolute atomic E-state index is 12.6. The van der Waals surface area contributed by atoms with E-state index in [0.717, 1.165) is 16.7 Å². The molecule has 0 spiro atoms. The van der Waals surface area contributed by atoms with Crippen molar-refractivity contribution in [1.82, 2.24) is 9.78 Å². The van der Waals surface area contributed by atoms with Crippen LogP contribution in [0.2, 0.25) is 0 Å². The lowest BCUT2D eigenvalue weighted by molar-refractivity contribution is 0.102. The van der Waals surface area contributed by atoms with Crippen LogP contribution in [0.25, 0.3) is 10.8 Å². The Hall–Kier alpha value is -3.93. The topological polar surface area (TPSA) is 73.2 Å². The zero-order valence-electron chi connectivity index (χ0n) is 15.8. The molecule has 0 aliphatic rings. The molecule has 0 radical (unpaired) electrons. The van der Waals surface area contributed by atoms with E-state index in [9.17, 15) is 9.59 Å². The number of anilines is 1. The second-order valence-electron chi connectivity index (χ2n) is 6.57. The lowest BCUT2D eigenvalue weighted by atomic mass is 10.1. The molecule has 4 aromatic rings. The number of aromatic nitrogens is 2. The summed E-state index contributed by atoms with van der Waals surface area (Å²) >= 11 is 0. The van der Waals surface area contributed by atoms with E-state index >= 15 is 0 Å². The summed E-state index contributed by atoms with van der Waals surface area (Å²) < 4.78 is 6.54. The predicted molar refractivity (Wildman–Crippen MR) is 112 cm³/mol. The fourth-order valence-electron chi connectivity index (χ4n) is 3.05. The van der Waals surface area contributed by atoms with Crippen molar-refractivity contribution < 1.29 is 9.53 Å². The van der Waals surface area contributed by atoms with Crippen molar-refractivity contribution in [2.45, 2.75) is 6.54 Å². The van der Waals surface area contributed by atoms with Crippen LogP contribution in [0.1, 0.15) is 15.9 Å². The highest BCUT2D eigenvalue weighted by Gasteiger charge is 2.08. The Bertz CT molecular complexity index is 1210. The highest BCUT2D eigenvalue weighted by Crippen LogP contribution is 2.16. The average Bonchev–Trinajstić information content (AvgIpc) is 2.77. The Labute approximate surface area is 167 Å². The van der Waals surface area contributed by atoms with Gasteiger partial charge in [0.15, 0.2) is 0 Å². The summed E-state index contributed by atoms with van der Waals surface area (Å²) in [6, 6.07) is 21.6. The summed E-state index contributed by atoms with van der Waals surface area (Å²) in [6.07, 6.45) is 1.69. The van der Waals surface area contributed by atoms with E-state index in [-0.39, 0.29) is 11.5 Å². The quantitative estimate of drug-likeness (QED) is 0.568. The van der Waals surface area contributed by atoms with Gasteiger partial charge in [-0.15, -0.1) is 0 Å². The highest BCUT2D eigenvalue weighted by atomic mass is 16.5. The van der Waals surface area contributed by atoms with Crippen molar-refractivity contribution >= 4 is 22.4 Å². The van der Waals surface area contributed by atoms with Crippen LogP contribution < -0.4 is 15.6 Å². The summed E-state index contributed by atoms with van der Waals surface area (Å²) in [6.45, 7) is 0.337. The SMILES string of the molecule is COc1ccc(NC(=O)c2ccc(Cn3ncc4ccccc4c3=O)cc2)cc1. The van der Waals surface area contributed by atoms with Crippen molar-refractivity contribution in [1.29, 1.82) is 0 Å². The van der Waals surface area contributed by atoms with E-state index in [1.807, 2.05) is 30.3 Å². The third kappa shape index (κ3) is 4.01. The molecule has 0 aliphatic carbocycles. The van der Waals surface area contributed by atoms with Crippen LogP contribution in [0.5, 0.6) is 5.75 Å². The number of benzene rings is 3. The molecule has 1 amide bonds. The van der Waals surface area contributed by atoms with Gasteiger partial charge >= 0.3 is 0 Å². The standard InChI is InChI=1S/C23H19N3O3/c1-29-20-12-10-19(11-13-20)25-22(27)17-8-6-16(7-9-17)15-26-23(28)21-5-3-2-4-18(21)14-24-26/h2-14H,15H2,1H3,(H,25,27). The smallest absolute Gasteiger partial charge is 0.274 e. The van der Waals surface area contributed by atoms with Gasteiger partial charge in [0, 0.05) is 16.6 Å². The molecule has 1 N–H and O–H groups in total. The van der Waals surface area contributed by atoms with Crippen LogP contribution in [-0.2, 0) is 6.54 Å². The molecule has 0 aliphatic heterocycles. The van der Waals surface area contributed by atoms with Gasteiger partial charge in [-0.1, -0.05) is 30.3 Å². The number of carbonyl (C=O) groups is 1. The number of ether oxygens (including phenoxy) is 1. The first-order valence-electron chi connectivity index (χ1n) is 9.13. The zero-order valence-corrected chi connectivity index (χ0v) is 15.8. The molecule has 0 fully saturated rings. The van der Waals surface area contributed by atoms with Crippen LogP contribution in [0, 0.1) is 0 Å². The van der Waals surface area contributed by atoms with Gasteiger partial charge in [-0.2, -0.15) is 5.10 Å². The molecule has 6 nitrogen and oxygen atoms in total. The molecule has 6 heteroatoms. The fraction of sp³-hybridized carbons (Fsp3) is 0.0870. The summed E-state index contributed by atoms with van der Waals surface area (Å²) in [5, 5.41) is 8.55. The molecule has 0 saturated carbocycles. The van der Waals surface area contributed by atoms with Crippen molar-refractivity contribution in [3.63, 3.8) is 0 Å². The molecule has 4 rings (SSSR count). The van der Waals surface area contributed by atoms with Gasteiger partial charge < -0.3 is 10.1 Å². The van der Waals surface area contributed by atoms with Crippen molar-refractivity contribution in [3.05, 3.63) is 100 Å². The molecule has 0 bridgehead atoms. The first kappa shape index (κ1) is 18.4. The number of nitrogens with zero attached hydrogens (tertiary/aromatic N) is 2. The molecule has 0 atom stereocenters. The highest BCUT2D eigenvalue weighted by molar-refractivity contribution is 6.04. The molecule has 3 aromatic carbocycles. The van der Waals surface area contributed by atoms with Gasteiger partial charge in [-0.05, 0) is 48.0 Å². The Morgan fingerprint density at radius 1 is 1.00 bits per heavy atom. The first-order valence-corrected chi connectivity index (χ1v) is 9.13. The van der Waals surface area contributed by atoms with Crippen molar-refractivity contribution in [2.24, 2.45) is 0 Å². The normalized spacial score (nSPS) is 10.7. The molecule has 1 heterocycles.